The Morgan fingerprint density at radius 1 is 1.06 bits per heavy atom. The van der Waals surface area contributed by atoms with Crippen molar-refractivity contribution in [1.82, 2.24) is 0 Å². The van der Waals surface area contributed by atoms with Crippen molar-refractivity contribution < 1.29 is 9.90 Å². The average Bonchev–Trinajstić information content (AvgIpc) is 2.85. The molecular weight excluding hydrogens is 398 g/mol. The molecule has 2 aromatic carbocycles. The van der Waals surface area contributed by atoms with Crippen LogP contribution in [0.4, 0.5) is 17.1 Å². The molecule has 4 rings (SSSR count). The molecule has 2 atom stereocenters. The first-order chi connectivity index (χ1) is 15.1. The monoisotopic (exact) mass is 433 g/mol. The smallest absolute Gasteiger partial charge is 0.145 e. The molecule has 2 aliphatic rings. The van der Waals surface area contributed by atoms with Gasteiger partial charge in [-0.2, -0.15) is 0 Å². The van der Waals surface area contributed by atoms with Gasteiger partial charge in [-0.3, -0.25) is 4.79 Å². The zero-order chi connectivity index (χ0) is 23.2. The summed E-state index contributed by atoms with van der Waals surface area (Å²) in [5.41, 5.74) is 6.74. The molecule has 0 fully saturated rings. The summed E-state index contributed by atoms with van der Waals surface area (Å²) in [6.07, 6.45) is 2.67. The lowest BCUT2D eigenvalue weighted by molar-refractivity contribution is -0.124. The molecule has 0 bridgehead atoms. The topological polar surface area (TPSA) is 64.6 Å². The van der Waals surface area contributed by atoms with E-state index in [0.29, 0.717) is 6.42 Å². The Bertz CT molecular complexity index is 1080. The van der Waals surface area contributed by atoms with E-state index >= 15 is 0 Å². The zero-order valence-electron chi connectivity index (χ0n) is 20.0. The molecular formula is C27H35N3O2. The summed E-state index contributed by atoms with van der Waals surface area (Å²) in [6, 6.07) is 9.74. The summed E-state index contributed by atoms with van der Waals surface area (Å²) in [6.45, 7) is 14.3. The predicted octanol–water partition coefficient (Wildman–Crippen LogP) is 5.93. The molecule has 0 aromatic heterocycles. The molecule has 5 heteroatoms. The second kappa shape index (κ2) is 8.19. The fourth-order valence-corrected chi connectivity index (χ4v) is 5.06. The fourth-order valence-electron chi connectivity index (χ4n) is 5.06. The number of fused-ring (bicyclic) bond motifs is 2. The molecule has 0 radical (unpaired) electrons. The van der Waals surface area contributed by atoms with E-state index in [2.05, 4.69) is 75.3 Å². The van der Waals surface area contributed by atoms with Crippen molar-refractivity contribution in [2.24, 2.45) is 11.3 Å². The van der Waals surface area contributed by atoms with Crippen LogP contribution in [0.15, 0.2) is 42.1 Å². The van der Waals surface area contributed by atoms with Crippen LogP contribution in [0.25, 0.3) is 0 Å². The first-order valence-electron chi connectivity index (χ1n) is 11.6. The number of rotatable bonds is 4. The quantitative estimate of drug-likeness (QED) is 0.557. The summed E-state index contributed by atoms with van der Waals surface area (Å²) in [4.78, 5) is 15.6. The van der Waals surface area contributed by atoms with Crippen molar-refractivity contribution in [1.29, 1.82) is 0 Å². The van der Waals surface area contributed by atoms with Crippen LogP contribution in [0, 0.1) is 25.2 Å². The highest BCUT2D eigenvalue weighted by molar-refractivity contribution is 5.90. The summed E-state index contributed by atoms with van der Waals surface area (Å²) >= 11 is 0. The van der Waals surface area contributed by atoms with Crippen LogP contribution in [0.2, 0.25) is 0 Å². The molecule has 0 spiro atoms. The maximum absolute atomic E-state index is 13.4. The van der Waals surface area contributed by atoms with Gasteiger partial charge in [-0.25, -0.2) is 0 Å². The molecule has 170 valence electrons. The fraction of sp³-hybridized carbons (Fsp3) is 0.444. The van der Waals surface area contributed by atoms with E-state index in [1.165, 1.54) is 11.1 Å². The summed E-state index contributed by atoms with van der Waals surface area (Å²) in [5.74, 6) is 0.0170. The Balaban J connectivity index is 1.86. The number of nitrogens with zero attached hydrogens (tertiary/aromatic N) is 1. The van der Waals surface area contributed by atoms with Crippen molar-refractivity contribution in [2.45, 2.75) is 54.0 Å². The normalized spacial score (nSPS) is 21.4. The molecule has 2 aromatic rings. The minimum atomic E-state index is -0.388. The van der Waals surface area contributed by atoms with Gasteiger partial charge in [0.2, 0.25) is 0 Å². The van der Waals surface area contributed by atoms with Crippen LogP contribution >= 0.6 is 0 Å². The summed E-state index contributed by atoms with van der Waals surface area (Å²) in [5, 5.41) is 18.3. The number of aryl methyl sites for hydroxylation is 2. The maximum Gasteiger partial charge on any atom is 0.145 e. The number of Topliss-reactive ketones (excluding diaryl/α,β-unsaturated/α-hetero) is 1. The number of allylic oxidation sites excluding steroid dienone is 1. The number of aromatic hydroxyl groups is 1. The highest BCUT2D eigenvalue weighted by Crippen LogP contribution is 2.47. The molecule has 1 heterocycles. The lowest BCUT2D eigenvalue weighted by Crippen LogP contribution is -2.36. The Hall–Kier alpha value is -2.95. The molecule has 0 amide bonds. The Kier molecular flexibility index (Phi) is 5.70. The molecule has 0 unspecified atom stereocenters. The third-order valence-electron chi connectivity index (χ3n) is 6.89. The van der Waals surface area contributed by atoms with Gasteiger partial charge in [0.1, 0.15) is 11.5 Å². The number of hydrogen-bond acceptors (Lipinski definition) is 5. The molecule has 1 aliphatic carbocycles. The molecule has 5 nitrogen and oxygen atoms in total. The van der Waals surface area contributed by atoms with E-state index < -0.39 is 0 Å². The van der Waals surface area contributed by atoms with Gasteiger partial charge in [0.05, 0.1) is 23.3 Å². The average molecular weight is 434 g/mol. The number of benzene rings is 2. The van der Waals surface area contributed by atoms with E-state index in [9.17, 15) is 9.90 Å². The Morgan fingerprint density at radius 2 is 1.72 bits per heavy atom. The van der Waals surface area contributed by atoms with Gasteiger partial charge in [0.15, 0.2) is 0 Å². The summed E-state index contributed by atoms with van der Waals surface area (Å²) < 4.78 is 0. The third kappa shape index (κ3) is 3.96. The van der Waals surface area contributed by atoms with Gasteiger partial charge in [-0.1, -0.05) is 26.0 Å². The molecule has 32 heavy (non-hydrogen) atoms. The minimum Gasteiger partial charge on any atom is -0.508 e. The van der Waals surface area contributed by atoms with Crippen molar-refractivity contribution in [2.75, 3.05) is 28.6 Å². The highest BCUT2D eigenvalue weighted by Gasteiger charge is 2.42. The number of carbonyl (C=O) groups is 1. The van der Waals surface area contributed by atoms with Crippen LogP contribution in [0.5, 0.6) is 5.75 Å². The van der Waals surface area contributed by atoms with Crippen molar-refractivity contribution in [3.05, 3.63) is 58.8 Å². The predicted molar refractivity (Wildman–Crippen MR) is 133 cm³/mol. The number of ketones is 1. The Labute approximate surface area is 191 Å². The van der Waals surface area contributed by atoms with E-state index in [1.807, 2.05) is 18.2 Å². The van der Waals surface area contributed by atoms with Crippen molar-refractivity contribution in [3.8, 4) is 5.75 Å². The van der Waals surface area contributed by atoms with E-state index in [-0.39, 0.29) is 28.9 Å². The van der Waals surface area contributed by atoms with Gasteiger partial charge in [0, 0.05) is 42.5 Å². The Morgan fingerprint density at radius 3 is 2.34 bits per heavy atom. The SMILES string of the molecule is CCN(CC)c1ccc([C@H]2Nc3cc(C)c(C)cc3NC3=CC(C)(C)CC(=O)[C@@H]32)c(O)c1. The third-order valence-corrected chi connectivity index (χ3v) is 6.89. The van der Waals surface area contributed by atoms with Crippen molar-refractivity contribution in [3.63, 3.8) is 0 Å². The number of hydrogen-bond donors (Lipinski definition) is 3. The lowest BCUT2D eigenvalue weighted by atomic mass is 9.72. The lowest BCUT2D eigenvalue weighted by Gasteiger charge is -2.35. The molecule has 0 saturated heterocycles. The first kappa shape index (κ1) is 22.3. The van der Waals surface area contributed by atoms with Crippen molar-refractivity contribution >= 4 is 22.8 Å². The number of nitrogens with one attached hydrogen (secondary N) is 2. The number of carbonyl (C=O) groups excluding carboxylic acids is 1. The van der Waals surface area contributed by atoms with E-state index in [0.717, 1.165) is 41.4 Å². The number of phenols is 1. The van der Waals surface area contributed by atoms with Gasteiger partial charge in [-0.05, 0) is 62.4 Å². The maximum atomic E-state index is 13.4. The van der Waals surface area contributed by atoms with Crippen LogP contribution in [-0.4, -0.2) is 24.0 Å². The van der Waals surface area contributed by atoms with E-state index in [4.69, 9.17) is 0 Å². The van der Waals surface area contributed by atoms with Crippen LogP contribution in [0.3, 0.4) is 0 Å². The standard InChI is InChI=1S/C27H35N3O2/c1-7-30(8-2)18-9-10-19(23(31)13-18)26-25-22(14-27(5,6)15-24(25)32)28-20-11-16(3)17(4)12-21(20)29-26/h9-14,25-26,28-29,31H,7-8,15H2,1-6H3/t25-,26-/m1/s1. The van der Waals surface area contributed by atoms with Crippen LogP contribution in [-0.2, 0) is 4.79 Å². The summed E-state index contributed by atoms with van der Waals surface area (Å²) in [7, 11) is 0. The largest absolute Gasteiger partial charge is 0.508 e. The van der Waals surface area contributed by atoms with Gasteiger partial charge in [0.25, 0.3) is 0 Å². The van der Waals surface area contributed by atoms with Gasteiger partial charge in [-0.15, -0.1) is 0 Å². The number of phenolic OH excluding ortho intramolecular Hbond substituents is 1. The minimum absolute atomic E-state index is 0.186. The molecule has 0 saturated carbocycles. The zero-order valence-corrected chi connectivity index (χ0v) is 20.0. The van der Waals surface area contributed by atoms with E-state index in [1.54, 1.807) is 0 Å². The van der Waals surface area contributed by atoms with Gasteiger partial charge < -0.3 is 20.6 Å². The van der Waals surface area contributed by atoms with Gasteiger partial charge >= 0.3 is 0 Å². The number of anilines is 3. The second-order valence-electron chi connectivity index (χ2n) is 9.85. The second-order valence-corrected chi connectivity index (χ2v) is 9.85. The molecule has 1 aliphatic heterocycles. The van der Waals surface area contributed by atoms with Crippen LogP contribution < -0.4 is 15.5 Å². The first-order valence-corrected chi connectivity index (χ1v) is 11.6. The molecule has 3 N–H and O–H groups in total. The van der Waals surface area contributed by atoms with Crippen LogP contribution in [0.1, 0.15) is 56.8 Å². The highest BCUT2D eigenvalue weighted by atomic mass is 16.3.